The molecule has 6 saturated heterocycles. The van der Waals surface area contributed by atoms with E-state index in [1.54, 1.807) is 0 Å². The number of aliphatic hydroxyl groups is 2. The minimum Gasteiger partial charge on any atom is -0.391 e. The van der Waals surface area contributed by atoms with E-state index in [1.807, 2.05) is 0 Å². The first-order valence-corrected chi connectivity index (χ1v) is 14.2. The Morgan fingerprint density at radius 1 is 0.312 bits per heavy atom. The molecule has 32 heavy (non-hydrogen) atoms. The van der Waals surface area contributed by atoms with Crippen molar-refractivity contribution in [1.29, 1.82) is 0 Å². The first kappa shape index (κ1) is 24.9. The topological polar surface area (TPSA) is 40.5 Å². The lowest BCUT2D eigenvalue weighted by atomic mass is 10.0. The normalized spacial score (nSPS) is 38.4. The smallest absolute Gasteiger partial charge is 0.129 e. The number of rotatable bonds is 15. The number of unbranched alkanes of at least 4 members (excludes halogenated alkanes) is 7. The molecule has 0 spiro atoms. The molecule has 6 rings (SSSR count). The van der Waals surface area contributed by atoms with E-state index in [0.29, 0.717) is 13.2 Å². The number of piperazine rings is 6. The van der Waals surface area contributed by atoms with Crippen molar-refractivity contribution in [2.45, 2.75) is 51.4 Å². The van der Waals surface area contributed by atoms with Crippen LogP contribution in [-0.2, 0) is 0 Å². The van der Waals surface area contributed by atoms with Gasteiger partial charge in [-0.15, -0.1) is 0 Å². The Morgan fingerprint density at radius 3 is 0.781 bits per heavy atom. The van der Waals surface area contributed by atoms with Gasteiger partial charge >= 0.3 is 0 Å². The third kappa shape index (κ3) is 5.87. The summed E-state index contributed by atoms with van der Waals surface area (Å²) < 4.78 is 5.21. The third-order valence-corrected chi connectivity index (χ3v) is 10.5. The second-order valence-electron chi connectivity index (χ2n) is 12.2. The van der Waals surface area contributed by atoms with Gasteiger partial charge in [0.15, 0.2) is 0 Å². The average molecular weight is 455 g/mol. The zero-order valence-corrected chi connectivity index (χ0v) is 21.1. The summed E-state index contributed by atoms with van der Waals surface area (Å²) in [5, 5.41) is 18.7. The summed E-state index contributed by atoms with van der Waals surface area (Å²) in [5.41, 5.74) is 0. The van der Waals surface area contributed by atoms with Gasteiger partial charge in [-0.2, -0.15) is 0 Å². The molecule has 0 unspecified atom stereocenters. The first-order chi connectivity index (χ1) is 15.6. The van der Waals surface area contributed by atoms with Gasteiger partial charge in [-0.25, -0.2) is 0 Å². The van der Waals surface area contributed by atoms with Crippen LogP contribution in [0.1, 0.15) is 51.4 Å². The molecule has 0 atom stereocenters. The van der Waals surface area contributed by atoms with Crippen LogP contribution < -0.4 is 0 Å². The van der Waals surface area contributed by atoms with Crippen molar-refractivity contribution in [1.82, 2.24) is 0 Å². The molecular formula is C26H54N4O2+4. The monoisotopic (exact) mass is 454 g/mol. The van der Waals surface area contributed by atoms with Crippen LogP contribution in [0.25, 0.3) is 0 Å². The van der Waals surface area contributed by atoms with Crippen LogP contribution in [0.5, 0.6) is 0 Å². The fourth-order valence-electron chi connectivity index (χ4n) is 7.61. The average Bonchev–Trinajstić information content (AvgIpc) is 2.83. The molecule has 6 fully saturated rings. The van der Waals surface area contributed by atoms with E-state index in [-0.39, 0.29) is 0 Å². The lowest BCUT2D eigenvalue weighted by Crippen LogP contribution is -2.75. The van der Waals surface area contributed by atoms with Crippen molar-refractivity contribution in [3.63, 3.8) is 0 Å². The van der Waals surface area contributed by atoms with Crippen LogP contribution in [0.3, 0.4) is 0 Å². The predicted octanol–water partition coefficient (Wildman–Crippen LogP) is 1.41. The molecule has 6 nitrogen and oxygen atoms in total. The van der Waals surface area contributed by atoms with E-state index in [0.717, 1.165) is 13.1 Å². The molecule has 0 radical (unpaired) electrons. The van der Waals surface area contributed by atoms with Gasteiger partial charge in [0.05, 0.1) is 26.3 Å². The van der Waals surface area contributed by atoms with Gasteiger partial charge in [0.1, 0.15) is 91.6 Å². The van der Waals surface area contributed by atoms with Gasteiger partial charge in [0, 0.05) is 0 Å². The molecule has 0 saturated carbocycles. The third-order valence-electron chi connectivity index (χ3n) is 10.5. The molecule has 6 heteroatoms. The fourth-order valence-corrected chi connectivity index (χ4v) is 7.61. The second kappa shape index (κ2) is 11.0. The molecule has 0 aromatic rings. The second-order valence-corrected chi connectivity index (χ2v) is 12.2. The van der Waals surface area contributed by atoms with Crippen molar-refractivity contribution < 1.29 is 28.1 Å². The SMILES string of the molecule is OCC[N+]12CC[N+](CCCCCCCCCC[N+]34CC[N+](CCO)(CC3)CC4)(CC1)CC2. The van der Waals surface area contributed by atoms with Crippen LogP contribution in [0, 0.1) is 0 Å². The Morgan fingerprint density at radius 2 is 0.531 bits per heavy atom. The van der Waals surface area contributed by atoms with Crippen molar-refractivity contribution in [3.05, 3.63) is 0 Å². The highest BCUT2D eigenvalue weighted by atomic mass is 16.3. The van der Waals surface area contributed by atoms with E-state index in [4.69, 9.17) is 0 Å². The molecule has 6 aliphatic rings. The maximum atomic E-state index is 9.37. The summed E-state index contributed by atoms with van der Waals surface area (Å²) in [5.74, 6) is 0. The van der Waals surface area contributed by atoms with E-state index in [1.165, 1.54) is 161 Å². The van der Waals surface area contributed by atoms with Gasteiger partial charge in [-0.3, -0.25) is 0 Å². The Hall–Kier alpha value is -0.240. The molecule has 186 valence electrons. The summed E-state index contributed by atoms with van der Waals surface area (Å²) in [6, 6.07) is 0. The predicted molar refractivity (Wildman–Crippen MR) is 130 cm³/mol. The molecule has 0 amide bonds. The number of fused-ring (bicyclic) bond motifs is 6. The number of hydrogen-bond donors (Lipinski definition) is 2. The van der Waals surface area contributed by atoms with Gasteiger partial charge in [-0.05, 0) is 25.7 Å². The summed E-state index contributed by atoms with van der Waals surface area (Å²) >= 11 is 0. The summed E-state index contributed by atoms with van der Waals surface area (Å²) in [7, 11) is 0. The van der Waals surface area contributed by atoms with E-state index >= 15 is 0 Å². The highest BCUT2D eigenvalue weighted by molar-refractivity contribution is 4.64. The zero-order chi connectivity index (χ0) is 22.4. The largest absolute Gasteiger partial charge is 0.391 e. The van der Waals surface area contributed by atoms with E-state index in [9.17, 15) is 10.2 Å². The van der Waals surface area contributed by atoms with Gasteiger partial charge < -0.3 is 28.1 Å². The Bertz CT molecular complexity index is 485. The molecule has 0 aliphatic carbocycles. The number of quaternary nitrogens is 4. The van der Waals surface area contributed by atoms with Gasteiger partial charge in [0.2, 0.25) is 0 Å². The highest BCUT2D eigenvalue weighted by Gasteiger charge is 2.49. The number of nitrogens with zero attached hydrogens (tertiary/aromatic N) is 4. The lowest BCUT2D eigenvalue weighted by Gasteiger charge is -2.55. The maximum absolute atomic E-state index is 9.37. The van der Waals surface area contributed by atoms with Crippen LogP contribution >= 0.6 is 0 Å². The summed E-state index contributed by atoms with van der Waals surface area (Å²) in [6.07, 6.45) is 11.5. The Labute approximate surface area is 197 Å². The fraction of sp³-hybridized carbons (Fsp3) is 1.00. The summed E-state index contributed by atoms with van der Waals surface area (Å²) in [4.78, 5) is 0. The zero-order valence-electron chi connectivity index (χ0n) is 21.1. The first-order valence-electron chi connectivity index (χ1n) is 14.2. The van der Waals surface area contributed by atoms with Crippen molar-refractivity contribution in [2.24, 2.45) is 0 Å². The quantitative estimate of drug-likeness (QED) is 0.290. The minimum atomic E-state index is 0.366. The van der Waals surface area contributed by atoms with Crippen LogP contribution in [0.2, 0.25) is 0 Å². The van der Waals surface area contributed by atoms with E-state index < -0.39 is 0 Å². The van der Waals surface area contributed by atoms with E-state index in [2.05, 4.69) is 0 Å². The van der Waals surface area contributed by atoms with Crippen molar-refractivity contribution >= 4 is 0 Å². The van der Waals surface area contributed by atoms with Crippen LogP contribution in [0.4, 0.5) is 0 Å². The number of hydrogen-bond acceptors (Lipinski definition) is 2. The number of aliphatic hydroxyl groups excluding tert-OH is 2. The highest BCUT2D eigenvalue weighted by Crippen LogP contribution is 2.28. The van der Waals surface area contributed by atoms with Crippen LogP contribution in [-0.4, -0.2) is 146 Å². The molecule has 6 aliphatic heterocycles. The lowest BCUT2D eigenvalue weighted by molar-refractivity contribution is -1.08. The van der Waals surface area contributed by atoms with Gasteiger partial charge in [0.25, 0.3) is 0 Å². The molecule has 2 N–H and O–H groups in total. The Kier molecular flexibility index (Phi) is 8.55. The minimum absolute atomic E-state index is 0.366. The molecule has 6 heterocycles. The molecule has 0 aromatic heterocycles. The van der Waals surface area contributed by atoms with Crippen molar-refractivity contribution in [3.8, 4) is 0 Å². The Balaban J connectivity index is 0.987. The standard InChI is InChI=1S/C26H54N4O2/c31-25-23-29-17-11-27(12-18-29,13-19-29)9-7-5-3-1-2-4-6-8-10-28-14-20-30(21-15-28,22-16-28)24-26-32/h31-32H,1-26H2/q+4. The van der Waals surface area contributed by atoms with Gasteiger partial charge in [-0.1, -0.05) is 25.7 Å². The van der Waals surface area contributed by atoms with Crippen LogP contribution in [0.15, 0.2) is 0 Å². The molecule has 4 bridgehead atoms. The maximum Gasteiger partial charge on any atom is 0.129 e. The summed E-state index contributed by atoms with van der Waals surface area (Å²) in [6.45, 7) is 21.6. The molecular weight excluding hydrogens is 400 g/mol. The van der Waals surface area contributed by atoms with Crippen molar-refractivity contribution in [2.75, 3.05) is 118 Å². The molecule has 0 aromatic carbocycles.